The van der Waals surface area contributed by atoms with Crippen LogP contribution >= 0.6 is 0 Å². The predicted octanol–water partition coefficient (Wildman–Crippen LogP) is 3.45. The average molecular weight is 393 g/mol. The van der Waals surface area contributed by atoms with E-state index in [-0.39, 0.29) is 11.6 Å². The van der Waals surface area contributed by atoms with Crippen LogP contribution in [0.3, 0.4) is 0 Å². The summed E-state index contributed by atoms with van der Waals surface area (Å²) in [5.74, 6) is -0.511. The molecule has 2 aromatic carbocycles. The van der Waals surface area contributed by atoms with Gasteiger partial charge in [-0.3, -0.25) is 14.6 Å². The predicted molar refractivity (Wildman–Crippen MR) is 108 cm³/mol. The molecule has 0 unspecified atom stereocenters. The number of hydrogen-bond acceptors (Lipinski definition) is 4. The third-order valence-electron chi connectivity index (χ3n) is 4.20. The second-order valence-electron chi connectivity index (χ2n) is 6.25. The Balaban J connectivity index is 1.57. The minimum atomic E-state index is -0.525. The number of rotatable bonds is 7. The van der Waals surface area contributed by atoms with Gasteiger partial charge in [0.2, 0.25) is 0 Å². The third-order valence-corrected chi connectivity index (χ3v) is 4.20. The van der Waals surface area contributed by atoms with E-state index in [1.54, 1.807) is 13.2 Å². The van der Waals surface area contributed by atoms with Crippen LogP contribution < -0.4 is 15.4 Å². The van der Waals surface area contributed by atoms with Gasteiger partial charge in [0.15, 0.2) is 0 Å². The fraction of sp³-hybridized carbons (Fsp3) is 0.136. The van der Waals surface area contributed by atoms with E-state index in [2.05, 4.69) is 15.6 Å². The molecule has 6 nitrogen and oxygen atoms in total. The van der Waals surface area contributed by atoms with Gasteiger partial charge >= 0.3 is 0 Å². The van der Waals surface area contributed by atoms with Crippen molar-refractivity contribution >= 4 is 17.5 Å². The van der Waals surface area contributed by atoms with Crippen molar-refractivity contribution in [3.63, 3.8) is 0 Å². The Bertz CT molecular complexity index is 1010. The summed E-state index contributed by atoms with van der Waals surface area (Å²) >= 11 is 0. The maximum atomic E-state index is 13.2. The molecule has 1 aromatic heterocycles. The van der Waals surface area contributed by atoms with E-state index in [9.17, 15) is 14.0 Å². The molecule has 0 bridgehead atoms. The fourth-order valence-corrected chi connectivity index (χ4v) is 2.67. The molecule has 0 aliphatic heterocycles. The highest BCUT2D eigenvalue weighted by Gasteiger charge is 2.12. The van der Waals surface area contributed by atoms with Gasteiger partial charge in [-0.1, -0.05) is 18.2 Å². The quantitative estimate of drug-likeness (QED) is 0.644. The molecular weight excluding hydrogens is 373 g/mol. The number of amides is 2. The molecule has 3 rings (SSSR count). The van der Waals surface area contributed by atoms with Gasteiger partial charge in [0.25, 0.3) is 11.8 Å². The number of anilines is 1. The summed E-state index contributed by atoms with van der Waals surface area (Å²) in [5, 5.41) is 5.38. The summed E-state index contributed by atoms with van der Waals surface area (Å²) in [6.07, 6.45) is 2.05. The maximum Gasteiger partial charge on any atom is 0.274 e. The smallest absolute Gasteiger partial charge is 0.274 e. The minimum absolute atomic E-state index is 0.0667. The number of nitrogens with zero attached hydrogens (tertiary/aromatic N) is 1. The van der Waals surface area contributed by atoms with E-state index in [1.807, 2.05) is 24.3 Å². The molecule has 0 aliphatic rings. The highest BCUT2D eigenvalue weighted by Crippen LogP contribution is 2.12. The Hall–Kier alpha value is -3.74. The molecule has 29 heavy (non-hydrogen) atoms. The van der Waals surface area contributed by atoms with Crippen LogP contribution in [0, 0.1) is 5.82 Å². The van der Waals surface area contributed by atoms with Crippen LogP contribution in [0.2, 0.25) is 0 Å². The van der Waals surface area contributed by atoms with Gasteiger partial charge in [0, 0.05) is 24.0 Å². The maximum absolute atomic E-state index is 13.2. The van der Waals surface area contributed by atoms with Crippen LogP contribution in [0.4, 0.5) is 10.1 Å². The molecule has 148 valence electrons. The number of hydrogen-bond donors (Lipinski definition) is 2. The average Bonchev–Trinajstić information content (AvgIpc) is 2.74. The van der Waals surface area contributed by atoms with Gasteiger partial charge in [-0.05, 0) is 54.4 Å². The number of nitrogens with one attached hydrogen (secondary N) is 2. The largest absolute Gasteiger partial charge is 0.497 e. The number of ether oxygens (including phenoxy) is 1. The van der Waals surface area contributed by atoms with Crippen molar-refractivity contribution in [1.82, 2.24) is 10.3 Å². The molecule has 0 aliphatic carbocycles. The summed E-state index contributed by atoms with van der Waals surface area (Å²) in [4.78, 5) is 28.7. The number of halogens is 1. The van der Waals surface area contributed by atoms with E-state index < -0.39 is 11.7 Å². The third kappa shape index (κ3) is 5.62. The van der Waals surface area contributed by atoms with Crippen molar-refractivity contribution < 1.29 is 18.7 Å². The molecule has 3 aromatic rings. The fourth-order valence-electron chi connectivity index (χ4n) is 2.67. The Morgan fingerprint density at radius 3 is 2.55 bits per heavy atom. The van der Waals surface area contributed by atoms with Crippen molar-refractivity contribution in [2.24, 2.45) is 0 Å². The zero-order valence-electron chi connectivity index (χ0n) is 15.8. The molecule has 2 amide bonds. The Morgan fingerprint density at radius 2 is 1.83 bits per heavy atom. The normalized spacial score (nSPS) is 10.3. The SMILES string of the molecule is COc1ccc(CCNC(=O)c2ccnc(C(=O)Nc3cccc(F)c3)c2)cc1. The zero-order valence-corrected chi connectivity index (χ0v) is 15.8. The molecule has 1 heterocycles. The summed E-state index contributed by atoms with van der Waals surface area (Å²) < 4.78 is 18.4. The summed E-state index contributed by atoms with van der Waals surface area (Å²) in [7, 11) is 1.61. The second kappa shape index (κ2) is 9.45. The molecule has 0 saturated heterocycles. The van der Waals surface area contributed by atoms with E-state index in [0.717, 1.165) is 11.3 Å². The number of methoxy groups -OCH3 is 1. The van der Waals surface area contributed by atoms with Crippen LogP contribution in [0.25, 0.3) is 0 Å². The van der Waals surface area contributed by atoms with E-state index in [1.165, 1.54) is 36.5 Å². The monoisotopic (exact) mass is 393 g/mol. The number of benzene rings is 2. The first kappa shape index (κ1) is 20.0. The number of pyridine rings is 1. The lowest BCUT2D eigenvalue weighted by Crippen LogP contribution is -2.26. The van der Waals surface area contributed by atoms with Gasteiger partial charge < -0.3 is 15.4 Å². The molecule has 0 fully saturated rings. The van der Waals surface area contributed by atoms with Crippen LogP contribution in [0.1, 0.15) is 26.4 Å². The van der Waals surface area contributed by atoms with E-state index >= 15 is 0 Å². The van der Waals surface area contributed by atoms with Crippen LogP contribution in [0.5, 0.6) is 5.75 Å². The lowest BCUT2D eigenvalue weighted by Gasteiger charge is -2.08. The number of aromatic nitrogens is 1. The number of carbonyl (C=O) groups excluding carboxylic acids is 2. The minimum Gasteiger partial charge on any atom is -0.497 e. The van der Waals surface area contributed by atoms with Crippen LogP contribution in [-0.2, 0) is 6.42 Å². The van der Waals surface area contributed by atoms with E-state index in [4.69, 9.17) is 4.74 Å². The molecule has 0 spiro atoms. The first-order valence-corrected chi connectivity index (χ1v) is 8.99. The molecule has 7 heteroatoms. The Labute approximate surface area is 167 Å². The molecule has 2 N–H and O–H groups in total. The van der Waals surface area contributed by atoms with Crippen molar-refractivity contribution in [3.05, 3.63) is 89.5 Å². The first-order chi connectivity index (χ1) is 14.0. The highest BCUT2D eigenvalue weighted by atomic mass is 19.1. The van der Waals surface area contributed by atoms with E-state index in [0.29, 0.717) is 24.2 Å². The highest BCUT2D eigenvalue weighted by molar-refractivity contribution is 6.04. The standard InChI is InChI=1S/C22H20FN3O3/c1-29-19-7-5-15(6-8-19)9-11-25-21(27)16-10-12-24-20(13-16)22(28)26-18-4-2-3-17(23)14-18/h2-8,10,12-14H,9,11H2,1H3,(H,25,27)(H,26,28). The Morgan fingerprint density at radius 1 is 1.03 bits per heavy atom. The Kier molecular flexibility index (Phi) is 6.52. The van der Waals surface area contributed by atoms with Crippen molar-refractivity contribution in [2.45, 2.75) is 6.42 Å². The topological polar surface area (TPSA) is 80.3 Å². The lowest BCUT2D eigenvalue weighted by atomic mass is 10.1. The lowest BCUT2D eigenvalue weighted by molar-refractivity contribution is 0.0954. The van der Waals surface area contributed by atoms with Crippen molar-refractivity contribution in [1.29, 1.82) is 0 Å². The first-order valence-electron chi connectivity index (χ1n) is 8.99. The van der Waals surface area contributed by atoms with Gasteiger partial charge in [0.05, 0.1) is 7.11 Å². The summed E-state index contributed by atoms with van der Waals surface area (Å²) in [5.41, 5.74) is 1.76. The van der Waals surface area contributed by atoms with Crippen LogP contribution in [-0.4, -0.2) is 30.5 Å². The molecular formula is C22H20FN3O3. The van der Waals surface area contributed by atoms with Crippen molar-refractivity contribution in [3.8, 4) is 5.75 Å². The summed E-state index contributed by atoms with van der Waals surface area (Å²) in [6, 6.07) is 16.1. The second-order valence-corrected chi connectivity index (χ2v) is 6.25. The molecule has 0 atom stereocenters. The zero-order chi connectivity index (χ0) is 20.6. The van der Waals surface area contributed by atoms with Gasteiger partial charge in [0.1, 0.15) is 17.3 Å². The van der Waals surface area contributed by atoms with Crippen LogP contribution in [0.15, 0.2) is 66.9 Å². The summed E-state index contributed by atoms with van der Waals surface area (Å²) in [6.45, 7) is 0.443. The number of carbonyl (C=O) groups is 2. The van der Waals surface area contributed by atoms with Crippen molar-refractivity contribution in [2.75, 3.05) is 19.0 Å². The van der Waals surface area contributed by atoms with Gasteiger partial charge in [-0.2, -0.15) is 0 Å². The molecule has 0 radical (unpaired) electrons. The van der Waals surface area contributed by atoms with Gasteiger partial charge in [-0.25, -0.2) is 4.39 Å². The van der Waals surface area contributed by atoms with Gasteiger partial charge in [-0.15, -0.1) is 0 Å². The molecule has 0 saturated carbocycles.